The quantitative estimate of drug-likeness (QED) is 0.683. The first-order valence-electron chi connectivity index (χ1n) is 10.0. The van der Waals surface area contributed by atoms with Crippen molar-refractivity contribution in [2.75, 3.05) is 25.0 Å². The van der Waals surface area contributed by atoms with Crippen LogP contribution in [0.2, 0.25) is 0 Å². The third kappa shape index (κ3) is 6.53. The van der Waals surface area contributed by atoms with Gasteiger partial charge in [-0.3, -0.25) is 9.59 Å². The number of hydrogen-bond acceptors (Lipinski definition) is 4. The van der Waals surface area contributed by atoms with E-state index in [0.29, 0.717) is 12.5 Å². The summed E-state index contributed by atoms with van der Waals surface area (Å²) in [7, 11) is 0. The first kappa shape index (κ1) is 21.2. The molecule has 5 nitrogen and oxygen atoms in total. The molecule has 0 saturated carbocycles. The van der Waals surface area contributed by atoms with Gasteiger partial charge in [-0.1, -0.05) is 18.2 Å². The number of amides is 2. The Morgan fingerprint density at radius 3 is 2.38 bits per heavy atom. The molecule has 0 aromatic heterocycles. The fraction of sp³-hybridized carbons (Fsp3) is 0.391. The van der Waals surface area contributed by atoms with Crippen molar-refractivity contribution >= 4 is 29.3 Å². The highest BCUT2D eigenvalue weighted by Crippen LogP contribution is 2.27. The summed E-state index contributed by atoms with van der Waals surface area (Å²) in [5.41, 5.74) is 0.764. The van der Waals surface area contributed by atoms with Crippen molar-refractivity contribution in [3.05, 3.63) is 54.6 Å². The second-order valence-corrected chi connectivity index (χ2v) is 8.77. The fourth-order valence-corrected chi connectivity index (χ4v) is 4.33. The summed E-state index contributed by atoms with van der Waals surface area (Å²) >= 11 is 1.55. The lowest BCUT2D eigenvalue weighted by Gasteiger charge is -2.33. The van der Waals surface area contributed by atoms with Crippen LogP contribution >= 0.6 is 11.8 Å². The minimum atomic E-state index is -0.140. The summed E-state index contributed by atoms with van der Waals surface area (Å²) in [5, 5.41) is 2.61. The molecule has 3 rings (SSSR count). The van der Waals surface area contributed by atoms with Crippen LogP contribution in [-0.4, -0.2) is 41.7 Å². The molecule has 0 aliphatic carbocycles. The number of benzene rings is 2. The maximum atomic E-state index is 12.8. The Bertz CT molecular complexity index is 803. The minimum absolute atomic E-state index is 0.0912. The maximum absolute atomic E-state index is 12.8. The molecule has 1 fully saturated rings. The van der Waals surface area contributed by atoms with E-state index in [-0.39, 0.29) is 17.1 Å². The zero-order valence-electron chi connectivity index (χ0n) is 17.0. The molecule has 2 aromatic carbocycles. The van der Waals surface area contributed by atoms with Crippen LogP contribution in [0.1, 0.15) is 26.7 Å². The Hall–Kier alpha value is -2.47. The molecule has 0 radical (unpaired) electrons. The summed E-state index contributed by atoms with van der Waals surface area (Å²) in [6.07, 6.45) is 1.95. The van der Waals surface area contributed by atoms with Crippen LogP contribution in [0.3, 0.4) is 0 Å². The van der Waals surface area contributed by atoms with E-state index in [9.17, 15) is 9.59 Å². The number of ether oxygens (including phenoxy) is 1. The first-order chi connectivity index (χ1) is 14.0. The van der Waals surface area contributed by atoms with Crippen molar-refractivity contribution in [2.24, 2.45) is 5.92 Å². The molecule has 2 amide bonds. The number of anilines is 1. The average Bonchev–Trinajstić information content (AvgIpc) is 2.74. The fourth-order valence-electron chi connectivity index (χ4n) is 3.38. The lowest BCUT2D eigenvalue weighted by Crippen LogP contribution is -2.43. The molecule has 0 bridgehead atoms. The van der Waals surface area contributed by atoms with Crippen molar-refractivity contribution in [3.8, 4) is 5.75 Å². The van der Waals surface area contributed by atoms with Crippen LogP contribution in [0.5, 0.6) is 5.75 Å². The van der Waals surface area contributed by atoms with Gasteiger partial charge in [-0.2, -0.15) is 0 Å². The van der Waals surface area contributed by atoms with Crippen LogP contribution in [0.25, 0.3) is 0 Å². The van der Waals surface area contributed by atoms with Crippen molar-refractivity contribution in [2.45, 2.75) is 36.8 Å². The third-order valence-corrected chi connectivity index (χ3v) is 6.09. The van der Waals surface area contributed by atoms with Gasteiger partial charge in [-0.25, -0.2) is 0 Å². The summed E-state index contributed by atoms with van der Waals surface area (Å²) in [6, 6.07) is 17.5. The van der Waals surface area contributed by atoms with Gasteiger partial charge in [0.1, 0.15) is 5.75 Å². The summed E-state index contributed by atoms with van der Waals surface area (Å²) < 4.78 is 5.87. The maximum Gasteiger partial charge on any atom is 0.235 e. The molecule has 1 aliphatic rings. The van der Waals surface area contributed by atoms with Crippen LogP contribution in [0.4, 0.5) is 5.69 Å². The molecular formula is C23H28N2O3S. The highest BCUT2D eigenvalue weighted by atomic mass is 32.2. The number of hydrogen-bond donors (Lipinski definition) is 1. The van der Waals surface area contributed by atoms with Gasteiger partial charge in [-0.05, 0) is 62.1 Å². The number of thioether (sulfide) groups is 1. The monoisotopic (exact) mass is 412 g/mol. The van der Waals surface area contributed by atoms with Crippen LogP contribution in [0, 0.1) is 5.92 Å². The molecule has 1 heterocycles. The zero-order valence-corrected chi connectivity index (χ0v) is 17.8. The summed E-state index contributed by atoms with van der Waals surface area (Å²) in [4.78, 5) is 26.9. The smallest absolute Gasteiger partial charge is 0.235 e. The average molecular weight is 413 g/mol. The normalized spacial score (nSPS) is 15.6. The number of piperidine rings is 1. The highest BCUT2D eigenvalue weighted by Gasteiger charge is 2.26. The second-order valence-electron chi connectivity index (χ2n) is 7.36. The van der Waals surface area contributed by atoms with E-state index in [1.165, 1.54) is 6.92 Å². The van der Waals surface area contributed by atoms with Gasteiger partial charge in [0.15, 0.2) is 0 Å². The van der Waals surface area contributed by atoms with E-state index >= 15 is 0 Å². The Morgan fingerprint density at radius 1 is 1.10 bits per heavy atom. The van der Waals surface area contributed by atoms with Gasteiger partial charge in [0.05, 0.1) is 11.9 Å². The van der Waals surface area contributed by atoms with E-state index in [1.54, 1.807) is 11.8 Å². The van der Waals surface area contributed by atoms with E-state index in [0.717, 1.165) is 42.3 Å². The molecule has 154 valence electrons. The highest BCUT2D eigenvalue weighted by molar-refractivity contribution is 8.00. The molecular weight excluding hydrogens is 384 g/mol. The number of nitrogens with one attached hydrogen (secondary N) is 1. The third-order valence-electron chi connectivity index (χ3n) is 4.99. The number of nitrogens with zero attached hydrogens (tertiary/aromatic N) is 1. The predicted molar refractivity (Wildman–Crippen MR) is 117 cm³/mol. The molecule has 0 spiro atoms. The molecule has 1 aliphatic heterocycles. The Balaban J connectivity index is 1.43. The van der Waals surface area contributed by atoms with Gasteiger partial charge < -0.3 is 15.0 Å². The molecule has 1 unspecified atom stereocenters. The lowest BCUT2D eigenvalue weighted by atomic mass is 9.97. The van der Waals surface area contributed by atoms with Gasteiger partial charge in [0.25, 0.3) is 0 Å². The van der Waals surface area contributed by atoms with Gasteiger partial charge in [0.2, 0.25) is 11.8 Å². The molecule has 1 saturated heterocycles. The second kappa shape index (κ2) is 10.3. The Kier molecular flexibility index (Phi) is 7.58. The van der Waals surface area contributed by atoms with Crippen molar-refractivity contribution in [1.29, 1.82) is 0 Å². The topological polar surface area (TPSA) is 58.6 Å². The van der Waals surface area contributed by atoms with E-state index in [4.69, 9.17) is 4.74 Å². The number of carbonyl (C=O) groups excluding carboxylic acids is 2. The number of para-hydroxylation sites is 1. The van der Waals surface area contributed by atoms with Crippen LogP contribution in [-0.2, 0) is 9.59 Å². The standard InChI is InChI=1S/C23H28N2O3S/c1-17(29-22-10-8-20(9-11-22)24-18(2)26)23(27)25-14-12-19(13-15-25)16-28-21-6-4-3-5-7-21/h3-11,17,19H,12-16H2,1-2H3,(H,24,26). The van der Waals surface area contributed by atoms with Crippen LogP contribution < -0.4 is 10.1 Å². The van der Waals surface area contributed by atoms with E-state index in [2.05, 4.69) is 5.32 Å². The number of carbonyl (C=O) groups is 2. The Labute approximate surface area is 176 Å². The molecule has 1 atom stereocenters. The van der Waals surface area contributed by atoms with Crippen molar-refractivity contribution < 1.29 is 14.3 Å². The molecule has 1 N–H and O–H groups in total. The molecule has 2 aromatic rings. The molecule has 6 heteroatoms. The van der Waals surface area contributed by atoms with E-state index in [1.807, 2.05) is 66.4 Å². The SMILES string of the molecule is CC(=O)Nc1ccc(SC(C)C(=O)N2CCC(COc3ccccc3)CC2)cc1. The number of likely N-dealkylation sites (tertiary alicyclic amines) is 1. The van der Waals surface area contributed by atoms with Crippen molar-refractivity contribution in [3.63, 3.8) is 0 Å². The van der Waals surface area contributed by atoms with E-state index < -0.39 is 0 Å². The first-order valence-corrected chi connectivity index (χ1v) is 10.9. The van der Waals surface area contributed by atoms with Crippen LogP contribution in [0.15, 0.2) is 59.5 Å². The van der Waals surface area contributed by atoms with Gasteiger partial charge >= 0.3 is 0 Å². The number of rotatable bonds is 7. The summed E-state index contributed by atoms with van der Waals surface area (Å²) in [6.45, 7) is 5.72. The van der Waals surface area contributed by atoms with Gasteiger partial charge in [0, 0.05) is 30.6 Å². The van der Waals surface area contributed by atoms with Gasteiger partial charge in [-0.15, -0.1) is 11.8 Å². The summed E-state index contributed by atoms with van der Waals surface area (Å²) in [5.74, 6) is 1.49. The predicted octanol–water partition coefficient (Wildman–Crippen LogP) is 4.44. The Morgan fingerprint density at radius 2 is 1.76 bits per heavy atom. The molecule has 29 heavy (non-hydrogen) atoms. The largest absolute Gasteiger partial charge is 0.493 e. The van der Waals surface area contributed by atoms with Crippen molar-refractivity contribution in [1.82, 2.24) is 4.90 Å². The lowest BCUT2D eigenvalue weighted by molar-refractivity contribution is -0.131. The zero-order chi connectivity index (χ0) is 20.6. The minimum Gasteiger partial charge on any atom is -0.493 e.